The molecule has 7 heteroatoms. The summed E-state index contributed by atoms with van der Waals surface area (Å²) >= 11 is 0. The highest BCUT2D eigenvalue weighted by Crippen LogP contribution is 2.13. The molecule has 98 valence electrons. The summed E-state index contributed by atoms with van der Waals surface area (Å²) in [6, 6.07) is 3.42. The minimum absolute atomic E-state index is 0.103. The molecule has 0 bridgehead atoms. The molecule has 0 aliphatic carbocycles. The third kappa shape index (κ3) is 2.32. The van der Waals surface area contributed by atoms with E-state index in [-0.39, 0.29) is 5.91 Å². The number of aliphatic hydroxyl groups is 1. The standard InChI is InChI=1S/C12H13N5O2/c18-10-3-4-16(6-10)12(19)9-1-2-11(14-5-9)17-8-13-7-15-17/h1-2,5,7-8,10,18H,3-4,6H2/t10-/m1/s1. The minimum Gasteiger partial charge on any atom is -0.391 e. The second kappa shape index (κ2) is 4.77. The third-order valence-corrected chi connectivity index (χ3v) is 3.10. The molecule has 1 fully saturated rings. The lowest BCUT2D eigenvalue weighted by Crippen LogP contribution is -2.29. The van der Waals surface area contributed by atoms with Crippen molar-refractivity contribution in [2.75, 3.05) is 13.1 Å². The van der Waals surface area contributed by atoms with E-state index in [0.29, 0.717) is 30.9 Å². The Morgan fingerprint density at radius 1 is 1.42 bits per heavy atom. The van der Waals surface area contributed by atoms with E-state index >= 15 is 0 Å². The van der Waals surface area contributed by atoms with Crippen molar-refractivity contribution in [2.45, 2.75) is 12.5 Å². The molecule has 1 N–H and O–H groups in total. The van der Waals surface area contributed by atoms with Gasteiger partial charge in [-0.3, -0.25) is 4.79 Å². The Bertz CT molecular complexity index is 566. The van der Waals surface area contributed by atoms with Crippen molar-refractivity contribution in [1.82, 2.24) is 24.6 Å². The van der Waals surface area contributed by atoms with E-state index in [0.717, 1.165) is 0 Å². The molecule has 2 aromatic rings. The molecule has 1 amide bonds. The lowest BCUT2D eigenvalue weighted by Gasteiger charge is -2.15. The number of carbonyl (C=O) groups excluding carboxylic acids is 1. The first-order valence-electron chi connectivity index (χ1n) is 6.02. The molecular formula is C12H13N5O2. The summed E-state index contributed by atoms with van der Waals surface area (Å²) in [5.41, 5.74) is 0.512. The molecule has 1 aliphatic rings. The zero-order valence-electron chi connectivity index (χ0n) is 10.2. The molecule has 1 atom stereocenters. The molecule has 1 saturated heterocycles. The van der Waals surface area contributed by atoms with Crippen molar-refractivity contribution >= 4 is 5.91 Å². The summed E-state index contributed by atoms with van der Waals surface area (Å²) in [5, 5.41) is 13.4. The van der Waals surface area contributed by atoms with E-state index < -0.39 is 6.10 Å². The number of likely N-dealkylation sites (tertiary alicyclic amines) is 1. The molecular weight excluding hydrogens is 246 g/mol. The molecule has 0 aromatic carbocycles. The van der Waals surface area contributed by atoms with Crippen molar-refractivity contribution < 1.29 is 9.90 Å². The van der Waals surface area contributed by atoms with Crippen LogP contribution in [0.2, 0.25) is 0 Å². The summed E-state index contributed by atoms with van der Waals surface area (Å²) in [4.78, 5) is 21.8. The SMILES string of the molecule is O=C(c1ccc(-n2cncn2)nc1)N1CC[C@@H](O)C1. The monoisotopic (exact) mass is 259 g/mol. The lowest BCUT2D eigenvalue weighted by molar-refractivity contribution is 0.0764. The smallest absolute Gasteiger partial charge is 0.255 e. The Morgan fingerprint density at radius 2 is 2.32 bits per heavy atom. The Hall–Kier alpha value is -2.28. The van der Waals surface area contributed by atoms with Gasteiger partial charge < -0.3 is 10.0 Å². The van der Waals surface area contributed by atoms with Gasteiger partial charge in [-0.25, -0.2) is 14.6 Å². The fourth-order valence-electron chi connectivity index (χ4n) is 2.08. The molecule has 0 radical (unpaired) electrons. The number of pyridine rings is 1. The molecule has 7 nitrogen and oxygen atoms in total. The lowest BCUT2D eigenvalue weighted by atomic mass is 10.2. The van der Waals surface area contributed by atoms with Crippen molar-refractivity contribution in [3.05, 3.63) is 36.5 Å². The van der Waals surface area contributed by atoms with Crippen LogP contribution in [0.15, 0.2) is 31.0 Å². The molecule has 0 unspecified atom stereocenters. The largest absolute Gasteiger partial charge is 0.391 e. The number of hydrogen-bond donors (Lipinski definition) is 1. The van der Waals surface area contributed by atoms with Crippen LogP contribution in [-0.2, 0) is 0 Å². The van der Waals surface area contributed by atoms with Crippen molar-refractivity contribution in [3.63, 3.8) is 0 Å². The van der Waals surface area contributed by atoms with E-state index in [1.807, 2.05) is 0 Å². The summed E-state index contributed by atoms with van der Waals surface area (Å²) in [7, 11) is 0. The van der Waals surface area contributed by atoms with E-state index in [9.17, 15) is 9.90 Å². The van der Waals surface area contributed by atoms with Gasteiger partial charge in [-0.05, 0) is 18.6 Å². The molecule has 3 rings (SSSR count). The number of hydrogen-bond acceptors (Lipinski definition) is 5. The quantitative estimate of drug-likeness (QED) is 0.812. The van der Waals surface area contributed by atoms with Crippen LogP contribution in [0.4, 0.5) is 0 Å². The number of aliphatic hydroxyl groups excluding tert-OH is 1. The van der Waals surface area contributed by atoms with Gasteiger partial charge in [-0.1, -0.05) is 0 Å². The minimum atomic E-state index is -0.411. The highest BCUT2D eigenvalue weighted by molar-refractivity contribution is 5.94. The van der Waals surface area contributed by atoms with Crippen LogP contribution in [0.25, 0.3) is 5.82 Å². The number of amides is 1. The maximum atomic E-state index is 12.1. The zero-order chi connectivity index (χ0) is 13.2. The summed E-state index contributed by atoms with van der Waals surface area (Å²) in [6.45, 7) is 0.981. The Balaban J connectivity index is 1.77. The fraction of sp³-hybridized carbons (Fsp3) is 0.333. The topological polar surface area (TPSA) is 84.1 Å². The Kier molecular flexibility index (Phi) is 2.96. The zero-order valence-corrected chi connectivity index (χ0v) is 10.2. The van der Waals surface area contributed by atoms with Crippen LogP contribution >= 0.6 is 0 Å². The van der Waals surface area contributed by atoms with E-state index in [1.54, 1.807) is 23.4 Å². The van der Waals surface area contributed by atoms with Crippen molar-refractivity contribution in [3.8, 4) is 5.82 Å². The van der Waals surface area contributed by atoms with Gasteiger partial charge in [0.1, 0.15) is 12.7 Å². The normalized spacial score (nSPS) is 18.8. The predicted octanol–water partition coefficient (Wildman–Crippen LogP) is -0.131. The fourth-order valence-corrected chi connectivity index (χ4v) is 2.08. The average Bonchev–Trinajstić information content (AvgIpc) is 3.09. The first-order valence-corrected chi connectivity index (χ1v) is 6.02. The maximum Gasteiger partial charge on any atom is 0.255 e. The van der Waals surface area contributed by atoms with Gasteiger partial charge in [0.2, 0.25) is 0 Å². The summed E-state index contributed by atoms with van der Waals surface area (Å²) in [5.74, 6) is 0.504. The highest BCUT2D eigenvalue weighted by atomic mass is 16.3. The number of aromatic nitrogens is 4. The number of rotatable bonds is 2. The van der Waals surface area contributed by atoms with E-state index in [2.05, 4.69) is 15.1 Å². The van der Waals surface area contributed by atoms with Crippen LogP contribution in [0.1, 0.15) is 16.8 Å². The van der Waals surface area contributed by atoms with E-state index in [1.165, 1.54) is 17.2 Å². The molecule has 0 saturated carbocycles. The summed E-state index contributed by atoms with van der Waals surface area (Å²) < 4.78 is 1.52. The second-order valence-corrected chi connectivity index (χ2v) is 4.44. The van der Waals surface area contributed by atoms with Gasteiger partial charge >= 0.3 is 0 Å². The van der Waals surface area contributed by atoms with Crippen LogP contribution < -0.4 is 0 Å². The second-order valence-electron chi connectivity index (χ2n) is 4.44. The van der Waals surface area contributed by atoms with Crippen LogP contribution in [0.5, 0.6) is 0 Å². The summed E-state index contributed by atoms with van der Waals surface area (Å²) in [6.07, 6.45) is 4.71. The van der Waals surface area contributed by atoms with Gasteiger partial charge in [0, 0.05) is 19.3 Å². The molecule has 0 spiro atoms. The van der Waals surface area contributed by atoms with Gasteiger partial charge in [-0.2, -0.15) is 5.10 Å². The maximum absolute atomic E-state index is 12.1. The molecule has 1 aliphatic heterocycles. The predicted molar refractivity (Wildman–Crippen MR) is 65.7 cm³/mol. The Morgan fingerprint density at radius 3 is 2.89 bits per heavy atom. The van der Waals surface area contributed by atoms with Gasteiger partial charge in [0.15, 0.2) is 5.82 Å². The average molecular weight is 259 g/mol. The van der Waals surface area contributed by atoms with Crippen LogP contribution in [-0.4, -0.2) is 54.9 Å². The van der Waals surface area contributed by atoms with Gasteiger partial charge in [-0.15, -0.1) is 0 Å². The Labute approximate surface area is 109 Å². The number of carbonyl (C=O) groups is 1. The first-order chi connectivity index (χ1) is 9.24. The molecule has 2 aromatic heterocycles. The molecule has 3 heterocycles. The van der Waals surface area contributed by atoms with Crippen molar-refractivity contribution in [2.24, 2.45) is 0 Å². The van der Waals surface area contributed by atoms with E-state index in [4.69, 9.17) is 0 Å². The highest BCUT2D eigenvalue weighted by Gasteiger charge is 2.25. The number of nitrogens with zero attached hydrogens (tertiary/aromatic N) is 5. The first kappa shape index (κ1) is 11.8. The third-order valence-electron chi connectivity index (χ3n) is 3.10. The molecule has 19 heavy (non-hydrogen) atoms. The van der Waals surface area contributed by atoms with Crippen molar-refractivity contribution in [1.29, 1.82) is 0 Å². The van der Waals surface area contributed by atoms with Crippen LogP contribution in [0.3, 0.4) is 0 Å². The van der Waals surface area contributed by atoms with Crippen LogP contribution in [0, 0.1) is 0 Å². The van der Waals surface area contributed by atoms with Gasteiger partial charge in [0.05, 0.1) is 11.7 Å². The number of β-amino-alcohol motifs (C(OH)–C–C–N with tert-alkyl or cyclic N) is 1. The van der Waals surface area contributed by atoms with Gasteiger partial charge in [0.25, 0.3) is 5.91 Å².